The molecule has 2 aromatic rings. The summed E-state index contributed by atoms with van der Waals surface area (Å²) in [7, 11) is 0. The Bertz CT molecular complexity index is 909. The van der Waals surface area contributed by atoms with Gasteiger partial charge in [0.2, 0.25) is 0 Å². The largest absolute Gasteiger partial charge is 0.479 e. The summed E-state index contributed by atoms with van der Waals surface area (Å²) in [6.07, 6.45) is -0.548. The fourth-order valence-corrected chi connectivity index (χ4v) is 3.72. The number of amides is 2. The molecule has 0 aliphatic carbocycles. The van der Waals surface area contributed by atoms with Gasteiger partial charge in [0, 0.05) is 31.9 Å². The zero-order valence-electron chi connectivity index (χ0n) is 16.0. The van der Waals surface area contributed by atoms with E-state index < -0.39 is 6.10 Å². The van der Waals surface area contributed by atoms with E-state index in [1.807, 2.05) is 0 Å². The Morgan fingerprint density at radius 3 is 2.72 bits per heavy atom. The Labute approximate surface area is 176 Å². The van der Waals surface area contributed by atoms with E-state index >= 15 is 0 Å². The van der Waals surface area contributed by atoms with Gasteiger partial charge in [-0.05, 0) is 53.2 Å². The molecule has 1 aromatic heterocycles. The standard InChI is InChI=1S/C20H22BrN3O5/c1-13-20(26)24(7-6-23-8-10-27-11-9-23)15-12-14(2-3-16(15)28-13)22-19(25)17-4-5-18(21)29-17/h2-5,12-13H,6-11H2,1H3,(H,22,25). The number of halogens is 1. The second-order valence-electron chi connectivity index (χ2n) is 6.94. The molecule has 0 spiro atoms. The third-order valence-corrected chi connectivity index (χ3v) is 5.39. The Morgan fingerprint density at radius 2 is 2.00 bits per heavy atom. The zero-order valence-corrected chi connectivity index (χ0v) is 17.6. The van der Waals surface area contributed by atoms with E-state index in [1.165, 1.54) is 0 Å². The van der Waals surface area contributed by atoms with Crippen molar-refractivity contribution in [2.75, 3.05) is 49.6 Å². The van der Waals surface area contributed by atoms with Gasteiger partial charge in [0.15, 0.2) is 16.5 Å². The maximum Gasteiger partial charge on any atom is 0.291 e. The number of morpholine rings is 1. The monoisotopic (exact) mass is 463 g/mol. The highest BCUT2D eigenvalue weighted by Gasteiger charge is 2.32. The van der Waals surface area contributed by atoms with E-state index in [0.717, 1.165) is 19.6 Å². The molecule has 9 heteroatoms. The Balaban J connectivity index is 1.52. The van der Waals surface area contributed by atoms with Crippen LogP contribution in [0.25, 0.3) is 0 Å². The van der Waals surface area contributed by atoms with Crippen molar-refractivity contribution in [3.8, 4) is 5.75 Å². The minimum absolute atomic E-state index is 0.0933. The Kier molecular flexibility index (Phi) is 5.89. The van der Waals surface area contributed by atoms with Gasteiger partial charge in [-0.3, -0.25) is 14.5 Å². The second-order valence-corrected chi connectivity index (χ2v) is 7.73. The number of carbonyl (C=O) groups excluding carboxylic acids is 2. The van der Waals surface area contributed by atoms with Crippen molar-refractivity contribution in [2.24, 2.45) is 0 Å². The van der Waals surface area contributed by atoms with Gasteiger partial charge in [0.1, 0.15) is 5.75 Å². The number of hydrogen-bond donors (Lipinski definition) is 1. The normalized spacial score (nSPS) is 19.6. The lowest BCUT2D eigenvalue weighted by molar-refractivity contribution is -0.125. The third-order valence-electron chi connectivity index (χ3n) is 4.97. The van der Waals surface area contributed by atoms with Crippen LogP contribution in [0.4, 0.5) is 11.4 Å². The average Bonchev–Trinajstić information content (AvgIpc) is 3.16. The highest BCUT2D eigenvalue weighted by molar-refractivity contribution is 9.10. The molecular formula is C20H22BrN3O5. The molecule has 0 bridgehead atoms. The first-order valence-corrected chi connectivity index (χ1v) is 10.3. The number of hydrogen-bond acceptors (Lipinski definition) is 6. The number of ether oxygens (including phenoxy) is 2. The molecule has 3 heterocycles. The SMILES string of the molecule is CC1Oc2ccc(NC(=O)c3ccc(Br)o3)cc2N(CCN2CCOCC2)C1=O. The van der Waals surface area contributed by atoms with E-state index in [9.17, 15) is 9.59 Å². The first-order chi connectivity index (χ1) is 14.0. The van der Waals surface area contributed by atoms with E-state index in [4.69, 9.17) is 13.9 Å². The van der Waals surface area contributed by atoms with E-state index in [-0.39, 0.29) is 17.6 Å². The molecule has 8 nitrogen and oxygen atoms in total. The number of anilines is 2. The Morgan fingerprint density at radius 1 is 1.21 bits per heavy atom. The van der Waals surface area contributed by atoms with Gasteiger partial charge in [0.25, 0.3) is 11.8 Å². The highest BCUT2D eigenvalue weighted by atomic mass is 79.9. The van der Waals surface area contributed by atoms with Crippen LogP contribution in [0.3, 0.4) is 0 Å². The molecule has 1 saturated heterocycles. The van der Waals surface area contributed by atoms with E-state index in [1.54, 1.807) is 42.2 Å². The lowest BCUT2D eigenvalue weighted by Crippen LogP contribution is -2.48. The minimum atomic E-state index is -0.548. The van der Waals surface area contributed by atoms with Gasteiger partial charge in [-0.1, -0.05) is 0 Å². The van der Waals surface area contributed by atoms with Crippen LogP contribution in [-0.4, -0.2) is 62.2 Å². The molecule has 1 N–H and O–H groups in total. The number of furan rings is 1. The first kappa shape index (κ1) is 19.9. The summed E-state index contributed by atoms with van der Waals surface area (Å²) in [5.74, 6) is 0.355. The number of benzene rings is 1. The van der Waals surface area contributed by atoms with Gasteiger partial charge in [-0.2, -0.15) is 0 Å². The fraction of sp³-hybridized carbons (Fsp3) is 0.400. The minimum Gasteiger partial charge on any atom is -0.479 e. The molecule has 1 unspecified atom stereocenters. The van der Waals surface area contributed by atoms with E-state index in [0.29, 0.717) is 41.6 Å². The third kappa shape index (κ3) is 4.47. The van der Waals surface area contributed by atoms with Crippen LogP contribution < -0.4 is 15.0 Å². The van der Waals surface area contributed by atoms with Crippen LogP contribution in [-0.2, 0) is 9.53 Å². The van der Waals surface area contributed by atoms with Gasteiger partial charge in [-0.15, -0.1) is 0 Å². The highest BCUT2D eigenvalue weighted by Crippen LogP contribution is 2.36. The van der Waals surface area contributed by atoms with E-state index in [2.05, 4.69) is 26.1 Å². The molecule has 0 radical (unpaired) electrons. The summed E-state index contributed by atoms with van der Waals surface area (Å²) >= 11 is 3.19. The van der Waals surface area contributed by atoms with Crippen molar-refractivity contribution in [2.45, 2.75) is 13.0 Å². The molecule has 0 saturated carbocycles. The van der Waals surface area contributed by atoms with Crippen LogP contribution in [0.1, 0.15) is 17.5 Å². The lowest BCUT2D eigenvalue weighted by Gasteiger charge is -2.35. The smallest absolute Gasteiger partial charge is 0.291 e. The second kappa shape index (κ2) is 8.56. The molecule has 154 valence electrons. The van der Waals surface area contributed by atoms with Crippen molar-refractivity contribution in [1.82, 2.24) is 4.90 Å². The summed E-state index contributed by atoms with van der Waals surface area (Å²) in [6.45, 7) is 6.18. The summed E-state index contributed by atoms with van der Waals surface area (Å²) in [6, 6.07) is 8.52. The summed E-state index contributed by atoms with van der Waals surface area (Å²) < 4.78 is 16.9. The van der Waals surface area contributed by atoms with Gasteiger partial charge in [-0.25, -0.2) is 0 Å². The van der Waals surface area contributed by atoms with Crippen LogP contribution in [0.15, 0.2) is 39.4 Å². The summed E-state index contributed by atoms with van der Waals surface area (Å²) in [5, 5.41) is 2.80. The van der Waals surface area contributed by atoms with Crippen molar-refractivity contribution in [3.63, 3.8) is 0 Å². The maximum absolute atomic E-state index is 12.8. The number of nitrogens with one attached hydrogen (secondary N) is 1. The molecule has 1 aromatic carbocycles. The maximum atomic E-state index is 12.8. The fourth-order valence-electron chi connectivity index (χ4n) is 3.41. The Hall–Kier alpha value is -2.36. The lowest BCUT2D eigenvalue weighted by atomic mass is 10.1. The van der Waals surface area contributed by atoms with Gasteiger partial charge in [0.05, 0.1) is 18.9 Å². The number of fused-ring (bicyclic) bond motifs is 1. The van der Waals surface area contributed by atoms with Crippen molar-refractivity contribution >= 4 is 39.1 Å². The number of nitrogens with zero attached hydrogens (tertiary/aromatic N) is 2. The zero-order chi connectivity index (χ0) is 20.4. The molecule has 2 aliphatic rings. The molecule has 1 fully saturated rings. The molecule has 2 amide bonds. The topological polar surface area (TPSA) is 84.2 Å². The molecule has 1 atom stereocenters. The first-order valence-electron chi connectivity index (χ1n) is 9.50. The average molecular weight is 464 g/mol. The summed E-state index contributed by atoms with van der Waals surface area (Å²) in [4.78, 5) is 29.1. The van der Waals surface area contributed by atoms with Crippen LogP contribution in [0.2, 0.25) is 0 Å². The van der Waals surface area contributed by atoms with Crippen molar-refractivity contribution in [3.05, 3.63) is 40.8 Å². The van der Waals surface area contributed by atoms with Gasteiger partial charge >= 0.3 is 0 Å². The molecule has 4 rings (SSSR count). The quantitative estimate of drug-likeness (QED) is 0.733. The predicted octanol–water partition coefficient (Wildman–Crippen LogP) is 2.74. The summed E-state index contributed by atoms with van der Waals surface area (Å²) in [5.41, 5.74) is 1.21. The predicted molar refractivity (Wildman–Crippen MR) is 111 cm³/mol. The van der Waals surface area contributed by atoms with Crippen LogP contribution in [0.5, 0.6) is 5.75 Å². The van der Waals surface area contributed by atoms with Gasteiger partial charge < -0.3 is 24.1 Å². The number of rotatable bonds is 5. The van der Waals surface area contributed by atoms with Crippen molar-refractivity contribution < 1.29 is 23.5 Å². The van der Waals surface area contributed by atoms with Crippen LogP contribution in [0, 0.1) is 0 Å². The molecular weight excluding hydrogens is 442 g/mol. The molecule has 29 heavy (non-hydrogen) atoms. The molecule has 2 aliphatic heterocycles. The van der Waals surface area contributed by atoms with Crippen LogP contribution >= 0.6 is 15.9 Å². The van der Waals surface area contributed by atoms with Crippen molar-refractivity contribution in [1.29, 1.82) is 0 Å². The number of carbonyl (C=O) groups is 2.